The van der Waals surface area contributed by atoms with E-state index >= 15 is 0 Å². The highest BCUT2D eigenvalue weighted by Gasteiger charge is 2.23. The van der Waals surface area contributed by atoms with Crippen LogP contribution in [0.4, 0.5) is 0 Å². The van der Waals surface area contributed by atoms with Crippen LogP contribution in [0.5, 0.6) is 0 Å². The van der Waals surface area contributed by atoms with Gasteiger partial charge >= 0.3 is 0 Å². The predicted molar refractivity (Wildman–Crippen MR) is 116 cm³/mol. The maximum Gasteiger partial charge on any atom is 0.251 e. The van der Waals surface area contributed by atoms with Gasteiger partial charge in [-0.25, -0.2) is 0 Å². The minimum atomic E-state index is -0.685. The molecule has 0 heterocycles. The average Bonchev–Trinajstić information content (AvgIpc) is 2.78. The van der Waals surface area contributed by atoms with Gasteiger partial charge in [0.15, 0.2) is 0 Å². The molecule has 29 heavy (non-hydrogen) atoms. The SMILES string of the molecule is C[C@@H]([C@@H](O)CNC(=O)c1ccccc1)N(Cc1ccccc1)Cc1ccccc1. The number of amides is 1. The molecule has 0 saturated carbocycles. The van der Waals surface area contributed by atoms with Gasteiger partial charge in [-0.05, 0) is 30.2 Å². The third-order valence-electron chi connectivity index (χ3n) is 5.10. The summed E-state index contributed by atoms with van der Waals surface area (Å²) in [4.78, 5) is 14.5. The molecule has 3 rings (SSSR count). The summed E-state index contributed by atoms with van der Waals surface area (Å²) in [5, 5.41) is 13.6. The average molecular weight is 389 g/mol. The Labute approximate surface area is 172 Å². The summed E-state index contributed by atoms with van der Waals surface area (Å²) in [5.74, 6) is -0.172. The van der Waals surface area contributed by atoms with Crippen molar-refractivity contribution in [1.29, 1.82) is 0 Å². The molecule has 0 spiro atoms. The molecular formula is C25H28N2O2. The van der Waals surface area contributed by atoms with Crippen molar-refractivity contribution in [3.63, 3.8) is 0 Å². The third-order valence-corrected chi connectivity index (χ3v) is 5.10. The van der Waals surface area contributed by atoms with Crippen LogP contribution in [-0.4, -0.2) is 34.6 Å². The van der Waals surface area contributed by atoms with Crippen LogP contribution >= 0.6 is 0 Å². The molecular weight excluding hydrogens is 360 g/mol. The summed E-state index contributed by atoms with van der Waals surface area (Å²) in [7, 11) is 0. The Balaban J connectivity index is 1.65. The fraction of sp³-hybridized carbons (Fsp3) is 0.240. The highest BCUT2D eigenvalue weighted by atomic mass is 16.3. The molecule has 2 N–H and O–H groups in total. The van der Waals surface area contributed by atoms with Gasteiger partial charge in [0.1, 0.15) is 0 Å². The molecule has 4 nitrogen and oxygen atoms in total. The molecule has 2 atom stereocenters. The van der Waals surface area contributed by atoms with Crippen molar-refractivity contribution < 1.29 is 9.90 Å². The molecule has 0 aliphatic heterocycles. The lowest BCUT2D eigenvalue weighted by atomic mass is 10.1. The number of benzene rings is 3. The van der Waals surface area contributed by atoms with Crippen molar-refractivity contribution in [2.24, 2.45) is 0 Å². The first-order valence-corrected chi connectivity index (χ1v) is 9.96. The van der Waals surface area contributed by atoms with Crippen LogP contribution in [0.1, 0.15) is 28.4 Å². The van der Waals surface area contributed by atoms with E-state index in [1.165, 1.54) is 11.1 Å². The molecule has 0 saturated heterocycles. The number of nitrogens with one attached hydrogen (secondary N) is 1. The lowest BCUT2D eigenvalue weighted by Crippen LogP contribution is -2.46. The molecule has 0 aromatic heterocycles. The predicted octanol–water partition coefficient (Wildman–Crippen LogP) is 3.87. The van der Waals surface area contributed by atoms with Crippen LogP contribution in [0.2, 0.25) is 0 Å². The number of rotatable bonds is 9. The number of carbonyl (C=O) groups excluding carboxylic acids is 1. The Morgan fingerprint density at radius 2 is 1.28 bits per heavy atom. The van der Waals surface area contributed by atoms with Crippen molar-refractivity contribution >= 4 is 5.91 Å². The van der Waals surface area contributed by atoms with E-state index in [-0.39, 0.29) is 18.5 Å². The van der Waals surface area contributed by atoms with E-state index in [2.05, 4.69) is 34.5 Å². The fourth-order valence-corrected chi connectivity index (χ4v) is 3.28. The zero-order valence-electron chi connectivity index (χ0n) is 16.7. The molecule has 3 aromatic carbocycles. The van der Waals surface area contributed by atoms with Crippen molar-refractivity contribution in [3.05, 3.63) is 108 Å². The summed E-state index contributed by atoms with van der Waals surface area (Å²) in [6.45, 7) is 3.65. The van der Waals surface area contributed by atoms with Gasteiger partial charge in [0, 0.05) is 31.2 Å². The summed E-state index contributed by atoms with van der Waals surface area (Å²) in [6, 6.07) is 29.4. The van der Waals surface area contributed by atoms with Gasteiger partial charge < -0.3 is 10.4 Å². The van der Waals surface area contributed by atoms with Crippen LogP contribution in [0.3, 0.4) is 0 Å². The standard InChI is InChI=1S/C25H28N2O2/c1-20(24(28)17-26-25(29)23-15-9-4-10-16-23)27(18-21-11-5-2-6-12-21)19-22-13-7-3-8-14-22/h2-16,20,24,28H,17-19H2,1H3,(H,26,29)/t20-,24-/m0/s1. The van der Waals surface area contributed by atoms with Crippen LogP contribution in [0.15, 0.2) is 91.0 Å². The van der Waals surface area contributed by atoms with Crippen molar-refractivity contribution in [2.45, 2.75) is 32.2 Å². The summed E-state index contributed by atoms with van der Waals surface area (Å²) in [5.41, 5.74) is 2.98. The Hall–Kier alpha value is -2.95. The normalized spacial score (nSPS) is 13.1. The highest BCUT2D eigenvalue weighted by molar-refractivity contribution is 5.94. The lowest BCUT2D eigenvalue weighted by molar-refractivity contribution is 0.0474. The van der Waals surface area contributed by atoms with E-state index in [4.69, 9.17) is 0 Å². The van der Waals surface area contributed by atoms with Crippen LogP contribution in [0, 0.1) is 0 Å². The van der Waals surface area contributed by atoms with Crippen molar-refractivity contribution in [3.8, 4) is 0 Å². The number of aliphatic hydroxyl groups excluding tert-OH is 1. The second-order valence-electron chi connectivity index (χ2n) is 7.26. The number of carbonyl (C=O) groups is 1. The van der Waals surface area contributed by atoms with Crippen LogP contribution in [0.25, 0.3) is 0 Å². The number of nitrogens with zero attached hydrogens (tertiary/aromatic N) is 1. The second kappa shape index (κ2) is 10.6. The highest BCUT2D eigenvalue weighted by Crippen LogP contribution is 2.15. The Bertz CT molecular complexity index is 828. The van der Waals surface area contributed by atoms with Crippen LogP contribution in [-0.2, 0) is 13.1 Å². The molecule has 0 bridgehead atoms. The van der Waals surface area contributed by atoms with Gasteiger partial charge in [0.25, 0.3) is 5.91 Å². The number of hydrogen-bond donors (Lipinski definition) is 2. The summed E-state index contributed by atoms with van der Waals surface area (Å²) >= 11 is 0. The largest absolute Gasteiger partial charge is 0.390 e. The molecule has 1 amide bonds. The van der Waals surface area contributed by atoms with Gasteiger partial charge in [-0.1, -0.05) is 78.9 Å². The van der Waals surface area contributed by atoms with Crippen LogP contribution < -0.4 is 5.32 Å². The zero-order valence-corrected chi connectivity index (χ0v) is 16.7. The Morgan fingerprint density at radius 1 is 0.828 bits per heavy atom. The first-order valence-electron chi connectivity index (χ1n) is 9.96. The summed E-state index contributed by atoms with van der Waals surface area (Å²) < 4.78 is 0. The van der Waals surface area contributed by atoms with E-state index in [0.717, 1.165) is 13.1 Å². The van der Waals surface area contributed by atoms with E-state index in [1.807, 2.05) is 61.5 Å². The summed E-state index contributed by atoms with van der Waals surface area (Å²) in [6.07, 6.45) is -0.685. The molecule has 4 heteroatoms. The zero-order chi connectivity index (χ0) is 20.5. The first kappa shape index (κ1) is 20.8. The Kier molecular flexibility index (Phi) is 7.56. The van der Waals surface area contributed by atoms with Gasteiger partial charge in [-0.2, -0.15) is 0 Å². The number of hydrogen-bond acceptors (Lipinski definition) is 3. The quantitative estimate of drug-likeness (QED) is 0.585. The maximum atomic E-state index is 12.3. The molecule has 0 fully saturated rings. The van der Waals surface area contributed by atoms with Gasteiger partial charge in [0.2, 0.25) is 0 Å². The van der Waals surface area contributed by atoms with Gasteiger partial charge in [-0.3, -0.25) is 9.69 Å². The van der Waals surface area contributed by atoms with E-state index < -0.39 is 6.10 Å². The molecule has 0 unspecified atom stereocenters. The fourth-order valence-electron chi connectivity index (χ4n) is 3.28. The third kappa shape index (κ3) is 6.28. The lowest BCUT2D eigenvalue weighted by Gasteiger charge is -2.32. The number of aliphatic hydroxyl groups is 1. The molecule has 150 valence electrons. The molecule has 0 aliphatic rings. The maximum absolute atomic E-state index is 12.3. The monoisotopic (exact) mass is 388 g/mol. The minimum Gasteiger partial charge on any atom is -0.390 e. The van der Waals surface area contributed by atoms with Gasteiger partial charge in [-0.15, -0.1) is 0 Å². The smallest absolute Gasteiger partial charge is 0.251 e. The molecule has 3 aromatic rings. The van der Waals surface area contributed by atoms with E-state index in [1.54, 1.807) is 12.1 Å². The van der Waals surface area contributed by atoms with E-state index in [0.29, 0.717) is 5.56 Å². The molecule has 0 aliphatic carbocycles. The first-order chi connectivity index (χ1) is 14.1. The van der Waals surface area contributed by atoms with Gasteiger partial charge in [0.05, 0.1) is 6.10 Å². The minimum absolute atomic E-state index is 0.133. The topological polar surface area (TPSA) is 52.6 Å². The van der Waals surface area contributed by atoms with E-state index in [9.17, 15) is 9.90 Å². The Morgan fingerprint density at radius 3 is 1.76 bits per heavy atom. The second-order valence-corrected chi connectivity index (χ2v) is 7.26. The van der Waals surface area contributed by atoms with Crippen molar-refractivity contribution in [2.75, 3.05) is 6.54 Å². The van der Waals surface area contributed by atoms with Crippen molar-refractivity contribution in [1.82, 2.24) is 10.2 Å². The molecule has 0 radical (unpaired) electrons.